The van der Waals surface area contributed by atoms with Gasteiger partial charge in [0.1, 0.15) is 12.2 Å². The van der Waals surface area contributed by atoms with Gasteiger partial charge in [-0.2, -0.15) is 0 Å². The van der Waals surface area contributed by atoms with Crippen LogP contribution in [0.15, 0.2) is 48.6 Å². The number of esters is 2. The monoisotopic (exact) mass is 766 g/mol. The van der Waals surface area contributed by atoms with Crippen molar-refractivity contribution in [3.05, 3.63) is 79.8 Å². The third-order valence-corrected chi connectivity index (χ3v) is 12.5. The summed E-state index contributed by atoms with van der Waals surface area (Å²) in [6.07, 6.45) is 13.5. The number of hydrogen-bond acceptors (Lipinski definition) is 6. The Kier molecular flexibility index (Phi) is 15.8. The minimum absolute atomic E-state index is 0.0283. The van der Waals surface area contributed by atoms with Crippen molar-refractivity contribution in [2.75, 3.05) is 13.1 Å². The second-order valence-corrected chi connectivity index (χ2v) is 15.7. The topological polar surface area (TPSA) is 76.7 Å². The third-order valence-electron chi connectivity index (χ3n) is 11.0. The first-order valence-corrected chi connectivity index (χ1v) is 20.0. The number of ether oxygens (including phenoxy) is 2. The SMILES string of the molecule is CCCC(NCC(CC)OC(=O)/C=C\C(=O)OC(CC)CNC(CCC)C1(c2ccc(Cl)c(Cl)c2)CCC1)C1(c2ccc(Cl)c(Cl)c2)CCC1. The first-order valence-electron chi connectivity index (χ1n) is 18.5. The highest BCUT2D eigenvalue weighted by molar-refractivity contribution is 6.42. The molecular weight excluding hydrogens is 714 g/mol. The summed E-state index contributed by atoms with van der Waals surface area (Å²) in [6, 6.07) is 12.3. The van der Waals surface area contributed by atoms with Crippen LogP contribution in [0.4, 0.5) is 0 Å². The molecule has 2 saturated carbocycles. The van der Waals surface area contributed by atoms with E-state index in [2.05, 4.69) is 36.6 Å². The van der Waals surface area contributed by atoms with Crippen LogP contribution in [0.3, 0.4) is 0 Å². The van der Waals surface area contributed by atoms with E-state index in [9.17, 15) is 9.59 Å². The second-order valence-electron chi connectivity index (χ2n) is 14.0. The fraction of sp³-hybridized carbons (Fsp3) is 0.600. The first-order chi connectivity index (χ1) is 24.0. The number of carbonyl (C=O) groups excluding carboxylic acids is 2. The van der Waals surface area contributed by atoms with E-state index in [0.717, 1.165) is 64.2 Å². The van der Waals surface area contributed by atoms with E-state index >= 15 is 0 Å². The normalized spacial score (nSPS) is 18.8. The number of hydrogen-bond donors (Lipinski definition) is 2. The van der Waals surface area contributed by atoms with Gasteiger partial charge in [-0.15, -0.1) is 0 Å². The number of carbonyl (C=O) groups is 2. The van der Waals surface area contributed by atoms with Crippen LogP contribution in [-0.2, 0) is 29.9 Å². The predicted molar refractivity (Wildman–Crippen MR) is 207 cm³/mol. The summed E-state index contributed by atoms with van der Waals surface area (Å²) in [6.45, 7) is 9.38. The molecule has 2 aromatic carbocycles. The molecule has 0 aromatic heterocycles. The van der Waals surface area contributed by atoms with E-state index in [1.165, 1.54) is 23.3 Å². The molecule has 10 heteroatoms. The highest BCUT2D eigenvalue weighted by atomic mass is 35.5. The lowest BCUT2D eigenvalue weighted by Crippen LogP contribution is -2.54. The molecule has 6 nitrogen and oxygen atoms in total. The summed E-state index contributed by atoms with van der Waals surface area (Å²) in [5.74, 6) is -1.12. The Bertz CT molecular complexity index is 1350. The van der Waals surface area contributed by atoms with E-state index in [4.69, 9.17) is 55.9 Å². The average Bonchev–Trinajstić information content (AvgIpc) is 3.05. The smallest absolute Gasteiger partial charge is 0.331 e. The maximum atomic E-state index is 12.8. The van der Waals surface area contributed by atoms with E-state index in [1.807, 2.05) is 38.1 Å². The highest BCUT2D eigenvalue weighted by Gasteiger charge is 2.46. The van der Waals surface area contributed by atoms with Crippen molar-refractivity contribution >= 4 is 58.3 Å². The quantitative estimate of drug-likeness (QED) is 0.103. The molecule has 0 aliphatic heterocycles. The third kappa shape index (κ3) is 9.99. The summed E-state index contributed by atoms with van der Waals surface area (Å²) < 4.78 is 11.5. The first kappa shape index (κ1) is 41.0. The summed E-state index contributed by atoms with van der Waals surface area (Å²) in [4.78, 5) is 25.6. The number of nitrogens with one attached hydrogen (secondary N) is 2. The van der Waals surface area contributed by atoms with Gasteiger partial charge in [-0.05, 0) is 86.8 Å². The van der Waals surface area contributed by atoms with Crippen molar-refractivity contribution in [1.82, 2.24) is 10.6 Å². The summed E-state index contributed by atoms with van der Waals surface area (Å²) >= 11 is 25.3. The maximum absolute atomic E-state index is 12.8. The van der Waals surface area contributed by atoms with Crippen molar-refractivity contribution in [2.24, 2.45) is 0 Å². The van der Waals surface area contributed by atoms with Gasteiger partial charge in [0.15, 0.2) is 0 Å². The van der Waals surface area contributed by atoms with Gasteiger partial charge in [0, 0.05) is 48.2 Å². The van der Waals surface area contributed by atoms with E-state index < -0.39 is 11.9 Å². The van der Waals surface area contributed by atoms with Gasteiger partial charge in [0.05, 0.1) is 20.1 Å². The molecule has 0 amide bonds. The van der Waals surface area contributed by atoms with Gasteiger partial charge < -0.3 is 20.1 Å². The largest absolute Gasteiger partial charge is 0.458 e. The lowest BCUT2D eigenvalue weighted by atomic mass is 9.59. The van der Waals surface area contributed by atoms with Crippen molar-refractivity contribution in [1.29, 1.82) is 0 Å². The molecule has 2 aromatic rings. The Labute approximate surface area is 319 Å². The Hall–Kier alpha value is -1.80. The predicted octanol–water partition coefficient (Wildman–Crippen LogP) is 10.6. The number of rotatable bonds is 20. The molecule has 2 fully saturated rings. The molecule has 4 rings (SSSR count). The van der Waals surface area contributed by atoms with Crippen molar-refractivity contribution < 1.29 is 19.1 Å². The lowest BCUT2D eigenvalue weighted by Gasteiger charge is -2.49. The summed E-state index contributed by atoms with van der Waals surface area (Å²) in [5, 5.41) is 9.71. The van der Waals surface area contributed by atoms with E-state index in [1.54, 1.807) is 0 Å². The zero-order valence-corrected chi connectivity index (χ0v) is 33.0. The Morgan fingerprint density at radius 2 is 1.04 bits per heavy atom. The van der Waals surface area contributed by atoms with Crippen LogP contribution in [0.5, 0.6) is 0 Å². The summed E-state index contributed by atoms with van der Waals surface area (Å²) in [7, 11) is 0. The van der Waals surface area contributed by atoms with Gasteiger partial charge in [0.25, 0.3) is 0 Å². The van der Waals surface area contributed by atoms with Gasteiger partial charge >= 0.3 is 11.9 Å². The van der Waals surface area contributed by atoms with Gasteiger partial charge in [-0.1, -0.05) is 112 Å². The minimum atomic E-state index is -0.562. The fourth-order valence-electron chi connectivity index (χ4n) is 7.76. The fourth-order valence-corrected chi connectivity index (χ4v) is 8.35. The molecule has 0 bridgehead atoms. The van der Waals surface area contributed by atoms with Crippen LogP contribution in [0.25, 0.3) is 0 Å². The maximum Gasteiger partial charge on any atom is 0.331 e. The van der Waals surface area contributed by atoms with Crippen LogP contribution >= 0.6 is 46.4 Å². The van der Waals surface area contributed by atoms with Crippen LogP contribution in [0, 0.1) is 0 Å². The molecule has 4 unspecified atom stereocenters. The molecule has 0 saturated heterocycles. The minimum Gasteiger partial charge on any atom is -0.458 e. The molecular formula is C40H54Cl4N2O4. The standard InChI is InChI=1S/C40H54Cl4N2O4/c1-5-11-35(39(19-9-20-39)27-13-15-31(41)33(43)23-27)45-25-29(7-3)49-37(47)17-18-38(48)50-30(8-4)26-46-36(12-6-2)40(21-10-22-40)28-14-16-32(42)34(44)24-28/h13-18,23-24,29-30,35-36,45-46H,5-12,19-22,25-26H2,1-4H3/b18-17-. The van der Waals surface area contributed by atoms with E-state index in [-0.39, 0.29) is 35.1 Å². The van der Waals surface area contributed by atoms with Crippen molar-refractivity contribution in [2.45, 2.75) is 140 Å². The molecule has 2 aliphatic rings. The van der Waals surface area contributed by atoms with Crippen LogP contribution in [0.2, 0.25) is 20.1 Å². The van der Waals surface area contributed by atoms with Crippen LogP contribution in [0.1, 0.15) is 116 Å². The molecule has 0 heterocycles. The summed E-state index contributed by atoms with van der Waals surface area (Å²) in [5.41, 5.74) is 2.34. The van der Waals surface area contributed by atoms with Crippen molar-refractivity contribution in [3.8, 4) is 0 Å². The Morgan fingerprint density at radius 3 is 1.32 bits per heavy atom. The molecule has 2 N–H and O–H groups in total. The Morgan fingerprint density at radius 1 is 0.660 bits per heavy atom. The lowest BCUT2D eigenvalue weighted by molar-refractivity contribution is -0.146. The molecule has 4 atom stereocenters. The molecule has 276 valence electrons. The molecule has 0 radical (unpaired) electrons. The van der Waals surface area contributed by atoms with Crippen LogP contribution < -0.4 is 10.6 Å². The van der Waals surface area contributed by atoms with Gasteiger partial charge in [-0.25, -0.2) is 9.59 Å². The molecule has 50 heavy (non-hydrogen) atoms. The van der Waals surface area contributed by atoms with Crippen molar-refractivity contribution in [3.63, 3.8) is 0 Å². The number of benzene rings is 2. The van der Waals surface area contributed by atoms with Crippen LogP contribution in [-0.4, -0.2) is 49.3 Å². The van der Waals surface area contributed by atoms with Gasteiger partial charge in [-0.3, -0.25) is 0 Å². The van der Waals surface area contributed by atoms with E-state index in [0.29, 0.717) is 46.0 Å². The number of halogens is 4. The zero-order valence-electron chi connectivity index (χ0n) is 30.0. The molecule has 2 aliphatic carbocycles. The molecule has 0 spiro atoms. The Balaban J connectivity index is 1.30. The average molecular weight is 769 g/mol. The zero-order chi connectivity index (χ0) is 36.3. The second kappa shape index (κ2) is 19.3. The van der Waals surface area contributed by atoms with Gasteiger partial charge in [0.2, 0.25) is 0 Å². The highest BCUT2D eigenvalue weighted by Crippen LogP contribution is 2.50.